The van der Waals surface area contributed by atoms with Crippen LogP contribution >= 0.6 is 0 Å². The van der Waals surface area contributed by atoms with Gasteiger partial charge < -0.3 is 10.6 Å². The molecule has 1 heterocycles. The van der Waals surface area contributed by atoms with E-state index < -0.39 is 10.0 Å². The van der Waals surface area contributed by atoms with Crippen molar-refractivity contribution in [1.82, 2.24) is 0 Å². The van der Waals surface area contributed by atoms with E-state index in [9.17, 15) is 8.42 Å². The van der Waals surface area contributed by atoms with E-state index in [1.54, 1.807) is 13.0 Å². The average Bonchev–Trinajstić information content (AvgIpc) is 3.26. The predicted octanol–water partition coefficient (Wildman–Crippen LogP) is 2.66. The zero-order chi connectivity index (χ0) is 16.2. The molecule has 2 aliphatic carbocycles. The van der Waals surface area contributed by atoms with E-state index in [4.69, 9.17) is 5.73 Å². The van der Waals surface area contributed by atoms with Crippen LogP contribution in [-0.2, 0) is 10.0 Å². The zero-order valence-electron chi connectivity index (χ0n) is 13.6. The maximum Gasteiger partial charge on any atom is 0.232 e. The minimum Gasteiger partial charge on any atom is -0.397 e. The van der Waals surface area contributed by atoms with Gasteiger partial charge in [-0.05, 0) is 68.1 Å². The molecule has 3 fully saturated rings. The van der Waals surface area contributed by atoms with Crippen molar-refractivity contribution in [2.24, 2.45) is 17.3 Å². The van der Waals surface area contributed by atoms with Gasteiger partial charge in [0, 0.05) is 13.1 Å². The maximum absolute atomic E-state index is 11.8. The summed E-state index contributed by atoms with van der Waals surface area (Å²) in [6.45, 7) is 3.76. The number of nitrogens with one attached hydrogen (secondary N) is 1. The van der Waals surface area contributed by atoms with Gasteiger partial charge in [0.1, 0.15) is 0 Å². The number of rotatable bonds is 4. The Morgan fingerprint density at radius 3 is 2.48 bits per heavy atom. The Labute approximate surface area is 138 Å². The van der Waals surface area contributed by atoms with E-state index in [1.165, 1.54) is 25.7 Å². The van der Waals surface area contributed by atoms with Crippen molar-refractivity contribution < 1.29 is 8.42 Å². The van der Waals surface area contributed by atoms with Gasteiger partial charge in [-0.1, -0.05) is 0 Å². The fraction of sp³-hybridized carbons (Fsp3) is 0.647. The van der Waals surface area contributed by atoms with Gasteiger partial charge in [0.25, 0.3) is 0 Å². The third kappa shape index (κ3) is 2.47. The highest BCUT2D eigenvalue weighted by molar-refractivity contribution is 7.92. The lowest BCUT2D eigenvalue weighted by molar-refractivity contribution is 0.245. The number of nitrogens with two attached hydrogens (primary N) is 1. The summed E-state index contributed by atoms with van der Waals surface area (Å²) in [5, 5.41) is 0. The summed E-state index contributed by atoms with van der Waals surface area (Å²) in [7, 11) is -3.26. The van der Waals surface area contributed by atoms with Gasteiger partial charge in [-0.25, -0.2) is 8.42 Å². The minimum atomic E-state index is -3.26. The minimum absolute atomic E-state index is 0.0725. The molecule has 0 unspecified atom stereocenters. The topological polar surface area (TPSA) is 75.4 Å². The molecule has 23 heavy (non-hydrogen) atoms. The molecule has 0 radical (unpaired) electrons. The molecule has 2 saturated carbocycles. The predicted molar refractivity (Wildman–Crippen MR) is 94.0 cm³/mol. The van der Waals surface area contributed by atoms with Crippen LogP contribution in [0, 0.1) is 17.3 Å². The van der Waals surface area contributed by atoms with Crippen LogP contribution in [0.15, 0.2) is 18.2 Å². The number of benzene rings is 1. The SMILES string of the molecule is CCS(=O)(=O)Nc1ccc(N)c(N2C[C@H]3CC[C@@H](C2)C32CC2)c1. The second-order valence-corrected chi connectivity index (χ2v) is 9.40. The van der Waals surface area contributed by atoms with E-state index in [1.807, 2.05) is 12.1 Å². The van der Waals surface area contributed by atoms with Gasteiger partial charge in [-0.2, -0.15) is 0 Å². The summed E-state index contributed by atoms with van der Waals surface area (Å²) in [5.74, 6) is 1.65. The number of hydrogen-bond acceptors (Lipinski definition) is 4. The van der Waals surface area contributed by atoms with E-state index >= 15 is 0 Å². The lowest BCUT2D eigenvalue weighted by Crippen LogP contribution is -2.43. The van der Waals surface area contributed by atoms with Crippen LogP contribution < -0.4 is 15.4 Å². The third-order valence-corrected chi connectivity index (χ3v) is 7.53. The smallest absolute Gasteiger partial charge is 0.232 e. The molecule has 4 rings (SSSR count). The molecule has 1 aromatic carbocycles. The average molecular weight is 335 g/mol. The summed E-state index contributed by atoms with van der Waals surface area (Å²) >= 11 is 0. The molecule has 5 nitrogen and oxygen atoms in total. The van der Waals surface area contributed by atoms with E-state index in [0.717, 1.165) is 36.3 Å². The standard InChI is InChI=1S/C17H25N3O2S/c1-2-23(21,22)19-14-5-6-15(18)16(9-14)20-10-12-3-4-13(11-20)17(12)7-8-17/h5-6,9,12-13,19H,2-4,7-8,10-11,18H2,1H3/t12-,13+. The van der Waals surface area contributed by atoms with Gasteiger partial charge in [0.2, 0.25) is 10.0 Å². The maximum atomic E-state index is 11.8. The normalized spacial score (nSPS) is 28.1. The Balaban J connectivity index is 1.59. The Morgan fingerprint density at radius 2 is 1.91 bits per heavy atom. The Bertz CT molecular complexity index is 711. The van der Waals surface area contributed by atoms with Crippen LogP contribution in [0.25, 0.3) is 0 Å². The highest BCUT2D eigenvalue weighted by atomic mass is 32.2. The first-order valence-electron chi connectivity index (χ1n) is 8.58. The molecule has 0 amide bonds. The van der Waals surface area contributed by atoms with Crippen molar-refractivity contribution in [3.8, 4) is 0 Å². The molecule has 1 saturated heterocycles. The van der Waals surface area contributed by atoms with Crippen LogP contribution in [0.2, 0.25) is 0 Å². The zero-order valence-corrected chi connectivity index (χ0v) is 14.4. The van der Waals surface area contributed by atoms with Gasteiger partial charge in [-0.15, -0.1) is 0 Å². The molecule has 1 aliphatic heterocycles. The number of nitrogens with zero attached hydrogens (tertiary/aromatic N) is 1. The number of nitrogen functional groups attached to an aromatic ring is 1. The van der Waals surface area contributed by atoms with Crippen molar-refractivity contribution in [2.75, 3.05) is 34.2 Å². The molecule has 0 aromatic heterocycles. The largest absolute Gasteiger partial charge is 0.397 e. The summed E-state index contributed by atoms with van der Waals surface area (Å²) in [5.41, 5.74) is 9.16. The Hall–Kier alpha value is -1.43. The third-order valence-electron chi connectivity index (χ3n) is 6.22. The first-order chi connectivity index (χ1) is 10.9. The number of piperidine rings is 1. The summed E-state index contributed by atoms with van der Waals surface area (Å²) < 4.78 is 26.2. The summed E-state index contributed by atoms with van der Waals surface area (Å²) in [6.07, 6.45) is 5.48. The van der Waals surface area contributed by atoms with Crippen molar-refractivity contribution in [3.63, 3.8) is 0 Å². The molecular formula is C17H25N3O2S. The van der Waals surface area contributed by atoms with Crippen molar-refractivity contribution in [1.29, 1.82) is 0 Å². The molecular weight excluding hydrogens is 310 g/mol. The Morgan fingerprint density at radius 1 is 1.26 bits per heavy atom. The molecule has 126 valence electrons. The quantitative estimate of drug-likeness (QED) is 0.830. The fourth-order valence-corrected chi connectivity index (χ4v) is 5.38. The van der Waals surface area contributed by atoms with Crippen LogP contribution in [0.1, 0.15) is 32.6 Å². The lowest BCUT2D eigenvalue weighted by Gasteiger charge is -2.40. The first kappa shape index (κ1) is 15.1. The molecule has 3 N–H and O–H groups in total. The number of hydrogen-bond donors (Lipinski definition) is 2. The van der Waals surface area contributed by atoms with Crippen molar-refractivity contribution in [2.45, 2.75) is 32.6 Å². The van der Waals surface area contributed by atoms with E-state index in [0.29, 0.717) is 11.1 Å². The summed E-state index contributed by atoms with van der Waals surface area (Å²) in [4.78, 5) is 2.38. The molecule has 1 aromatic rings. The van der Waals surface area contributed by atoms with Crippen molar-refractivity contribution >= 4 is 27.1 Å². The molecule has 2 bridgehead atoms. The lowest BCUT2D eigenvalue weighted by atomic mass is 9.81. The van der Waals surface area contributed by atoms with Crippen LogP contribution in [0.3, 0.4) is 0 Å². The molecule has 6 heteroatoms. The van der Waals surface area contributed by atoms with Gasteiger partial charge >= 0.3 is 0 Å². The second-order valence-electron chi connectivity index (χ2n) is 7.39. The molecule has 3 aliphatic rings. The molecule has 1 spiro atoms. The highest BCUT2D eigenvalue weighted by Gasteiger charge is 2.60. The Kier molecular flexibility index (Phi) is 3.31. The number of anilines is 3. The van der Waals surface area contributed by atoms with Crippen molar-refractivity contribution in [3.05, 3.63) is 18.2 Å². The van der Waals surface area contributed by atoms with Gasteiger partial charge in [0.05, 0.1) is 22.8 Å². The van der Waals surface area contributed by atoms with E-state index in [-0.39, 0.29) is 5.75 Å². The van der Waals surface area contributed by atoms with E-state index in [2.05, 4.69) is 9.62 Å². The van der Waals surface area contributed by atoms with Gasteiger partial charge in [0.15, 0.2) is 0 Å². The molecule has 2 atom stereocenters. The fourth-order valence-electron chi connectivity index (χ4n) is 4.75. The monoisotopic (exact) mass is 335 g/mol. The second kappa shape index (κ2) is 5.03. The highest BCUT2D eigenvalue weighted by Crippen LogP contribution is 2.66. The number of sulfonamides is 1. The van der Waals surface area contributed by atoms with Crippen LogP contribution in [0.5, 0.6) is 0 Å². The van der Waals surface area contributed by atoms with Gasteiger partial charge in [-0.3, -0.25) is 4.72 Å². The first-order valence-corrected chi connectivity index (χ1v) is 10.2. The summed E-state index contributed by atoms with van der Waals surface area (Å²) in [6, 6.07) is 5.45. The van der Waals surface area contributed by atoms with Crippen LogP contribution in [0.4, 0.5) is 17.1 Å². The van der Waals surface area contributed by atoms with Crippen LogP contribution in [-0.4, -0.2) is 27.3 Å².